The van der Waals surface area contributed by atoms with Crippen molar-refractivity contribution in [3.8, 4) is 0 Å². The molecule has 3 rings (SSSR count). The maximum absolute atomic E-state index is 13.2. The Labute approximate surface area is 149 Å². The standard InChI is InChI=1S/C22H22N2O/c1-17(2)19-12-6-7-14-21(19)24(16-18-10-4-3-5-11-18)22(25)20-13-8-9-15-23-20/h3-15,17H,16H2,1-2H3. The van der Waals surface area contributed by atoms with E-state index >= 15 is 0 Å². The summed E-state index contributed by atoms with van der Waals surface area (Å²) in [6.45, 7) is 4.80. The van der Waals surface area contributed by atoms with Crippen LogP contribution in [0, 0.1) is 0 Å². The van der Waals surface area contributed by atoms with Crippen molar-refractivity contribution in [1.29, 1.82) is 0 Å². The maximum Gasteiger partial charge on any atom is 0.277 e. The van der Waals surface area contributed by atoms with Crippen molar-refractivity contribution in [2.45, 2.75) is 26.3 Å². The van der Waals surface area contributed by atoms with Crippen molar-refractivity contribution in [1.82, 2.24) is 4.98 Å². The fourth-order valence-electron chi connectivity index (χ4n) is 2.88. The lowest BCUT2D eigenvalue weighted by atomic mass is 9.99. The summed E-state index contributed by atoms with van der Waals surface area (Å²) in [5, 5.41) is 0. The average molecular weight is 330 g/mol. The number of nitrogens with zero attached hydrogens (tertiary/aromatic N) is 2. The number of pyridine rings is 1. The van der Waals surface area contributed by atoms with Gasteiger partial charge in [-0.1, -0.05) is 68.4 Å². The number of amides is 1. The van der Waals surface area contributed by atoms with E-state index in [9.17, 15) is 4.79 Å². The number of para-hydroxylation sites is 1. The molecule has 0 saturated carbocycles. The number of carbonyl (C=O) groups is 1. The highest BCUT2D eigenvalue weighted by atomic mass is 16.2. The molecule has 3 heteroatoms. The molecule has 0 atom stereocenters. The normalized spacial score (nSPS) is 10.7. The van der Waals surface area contributed by atoms with Gasteiger partial charge in [0.2, 0.25) is 0 Å². The van der Waals surface area contributed by atoms with Crippen molar-refractivity contribution in [2.75, 3.05) is 4.90 Å². The van der Waals surface area contributed by atoms with Gasteiger partial charge < -0.3 is 4.90 Å². The predicted octanol–water partition coefficient (Wildman–Crippen LogP) is 5.05. The summed E-state index contributed by atoms with van der Waals surface area (Å²) in [5.41, 5.74) is 3.64. The van der Waals surface area contributed by atoms with Gasteiger partial charge in [-0.25, -0.2) is 0 Å². The van der Waals surface area contributed by atoms with Crippen molar-refractivity contribution in [2.24, 2.45) is 0 Å². The third-order valence-electron chi connectivity index (χ3n) is 4.16. The van der Waals surface area contributed by atoms with Gasteiger partial charge in [-0.05, 0) is 35.2 Å². The van der Waals surface area contributed by atoms with Gasteiger partial charge in [-0.2, -0.15) is 0 Å². The fraction of sp³-hybridized carbons (Fsp3) is 0.182. The second-order valence-electron chi connectivity index (χ2n) is 6.31. The van der Waals surface area contributed by atoms with Crippen LogP contribution in [0.4, 0.5) is 5.69 Å². The second kappa shape index (κ2) is 7.75. The minimum atomic E-state index is -0.0856. The molecule has 3 nitrogen and oxygen atoms in total. The highest BCUT2D eigenvalue weighted by molar-refractivity contribution is 6.05. The zero-order chi connectivity index (χ0) is 17.6. The fourth-order valence-corrected chi connectivity index (χ4v) is 2.88. The lowest BCUT2D eigenvalue weighted by Gasteiger charge is -2.26. The molecule has 0 radical (unpaired) electrons. The molecule has 1 heterocycles. The first kappa shape index (κ1) is 16.9. The Morgan fingerprint density at radius 2 is 1.60 bits per heavy atom. The van der Waals surface area contributed by atoms with Gasteiger partial charge >= 0.3 is 0 Å². The van der Waals surface area contributed by atoms with Gasteiger partial charge in [0.15, 0.2) is 0 Å². The van der Waals surface area contributed by atoms with E-state index in [0.29, 0.717) is 18.2 Å². The number of hydrogen-bond acceptors (Lipinski definition) is 2. The number of benzene rings is 2. The van der Waals surface area contributed by atoms with Crippen LogP contribution < -0.4 is 4.90 Å². The summed E-state index contributed by atoms with van der Waals surface area (Å²) in [5.74, 6) is 0.239. The van der Waals surface area contributed by atoms with Crippen molar-refractivity contribution in [3.05, 3.63) is 95.8 Å². The minimum Gasteiger partial charge on any atom is -0.302 e. The zero-order valence-corrected chi connectivity index (χ0v) is 14.6. The number of aromatic nitrogens is 1. The van der Waals surface area contributed by atoms with E-state index in [2.05, 4.69) is 24.9 Å². The van der Waals surface area contributed by atoms with Gasteiger partial charge in [0.25, 0.3) is 5.91 Å². The SMILES string of the molecule is CC(C)c1ccccc1N(Cc1ccccc1)C(=O)c1ccccn1. The quantitative estimate of drug-likeness (QED) is 0.656. The summed E-state index contributed by atoms with van der Waals surface area (Å²) >= 11 is 0. The van der Waals surface area contributed by atoms with Crippen LogP contribution in [0.5, 0.6) is 0 Å². The summed E-state index contributed by atoms with van der Waals surface area (Å²) in [7, 11) is 0. The Morgan fingerprint density at radius 1 is 0.920 bits per heavy atom. The lowest BCUT2D eigenvalue weighted by Crippen LogP contribution is -2.32. The van der Waals surface area contributed by atoms with Crippen LogP contribution in [0.1, 0.15) is 41.4 Å². The number of hydrogen-bond donors (Lipinski definition) is 0. The van der Waals surface area contributed by atoms with Crippen LogP contribution in [0.15, 0.2) is 79.0 Å². The van der Waals surface area contributed by atoms with E-state index in [1.165, 1.54) is 0 Å². The highest BCUT2D eigenvalue weighted by Crippen LogP contribution is 2.29. The van der Waals surface area contributed by atoms with Crippen LogP contribution in [0.2, 0.25) is 0 Å². The Bertz CT molecular complexity index is 829. The molecule has 25 heavy (non-hydrogen) atoms. The first-order valence-corrected chi connectivity index (χ1v) is 8.52. The molecule has 1 amide bonds. The first-order chi connectivity index (χ1) is 12.2. The molecule has 0 N–H and O–H groups in total. The van der Waals surface area contributed by atoms with E-state index in [-0.39, 0.29) is 5.91 Å². The third-order valence-corrected chi connectivity index (χ3v) is 4.16. The molecule has 126 valence electrons. The lowest BCUT2D eigenvalue weighted by molar-refractivity contribution is 0.0980. The molecule has 0 aliphatic rings. The van der Waals surface area contributed by atoms with Crippen LogP contribution in [0.25, 0.3) is 0 Å². The predicted molar refractivity (Wildman–Crippen MR) is 102 cm³/mol. The van der Waals surface area contributed by atoms with Gasteiger partial charge in [-0.3, -0.25) is 9.78 Å². The number of rotatable bonds is 5. The molecule has 0 unspecified atom stereocenters. The van der Waals surface area contributed by atoms with E-state index in [0.717, 1.165) is 16.8 Å². The van der Waals surface area contributed by atoms with E-state index in [4.69, 9.17) is 0 Å². The molecule has 0 spiro atoms. The molecule has 0 saturated heterocycles. The van der Waals surface area contributed by atoms with Crippen molar-refractivity contribution >= 4 is 11.6 Å². The van der Waals surface area contributed by atoms with Gasteiger partial charge in [0, 0.05) is 11.9 Å². The largest absolute Gasteiger partial charge is 0.302 e. The Morgan fingerprint density at radius 3 is 2.28 bits per heavy atom. The maximum atomic E-state index is 13.2. The summed E-state index contributed by atoms with van der Waals surface area (Å²) in [6.07, 6.45) is 1.66. The summed E-state index contributed by atoms with van der Waals surface area (Å²) < 4.78 is 0. The van der Waals surface area contributed by atoms with Gasteiger partial charge in [-0.15, -0.1) is 0 Å². The van der Waals surface area contributed by atoms with E-state index in [1.807, 2.05) is 65.6 Å². The molecular formula is C22H22N2O. The van der Waals surface area contributed by atoms with E-state index in [1.54, 1.807) is 12.3 Å². The van der Waals surface area contributed by atoms with Crippen LogP contribution in [0.3, 0.4) is 0 Å². The Balaban J connectivity index is 2.05. The molecular weight excluding hydrogens is 308 g/mol. The van der Waals surface area contributed by atoms with Crippen LogP contribution in [-0.4, -0.2) is 10.9 Å². The van der Waals surface area contributed by atoms with Crippen LogP contribution in [-0.2, 0) is 6.54 Å². The van der Waals surface area contributed by atoms with Gasteiger partial charge in [0.05, 0.1) is 6.54 Å². The molecule has 1 aromatic heterocycles. The van der Waals surface area contributed by atoms with Crippen molar-refractivity contribution < 1.29 is 4.79 Å². The zero-order valence-electron chi connectivity index (χ0n) is 14.6. The average Bonchev–Trinajstić information content (AvgIpc) is 2.67. The third kappa shape index (κ3) is 3.94. The van der Waals surface area contributed by atoms with Gasteiger partial charge in [0.1, 0.15) is 5.69 Å². The molecule has 0 aliphatic heterocycles. The Hall–Kier alpha value is -2.94. The Kier molecular flexibility index (Phi) is 5.24. The molecule has 3 aromatic rings. The number of carbonyl (C=O) groups excluding carboxylic acids is 1. The number of anilines is 1. The minimum absolute atomic E-state index is 0.0856. The highest BCUT2D eigenvalue weighted by Gasteiger charge is 2.22. The van der Waals surface area contributed by atoms with Crippen LogP contribution >= 0.6 is 0 Å². The topological polar surface area (TPSA) is 33.2 Å². The summed E-state index contributed by atoms with van der Waals surface area (Å²) in [4.78, 5) is 19.3. The monoisotopic (exact) mass is 330 g/mol. The molecule has 2 aromatic carbocycles. The van der Waals surface area contributed by atoms with Crippen molar-refractivity contribution in [3.63, 3.8) is 0 Å². The smallest absolute Gasteiger partial charge is 0.277 e. The van der Waals surface area contributed by atoms with E-state index < -0.39 is 0 Å². The molecule has 0 aliphatic carbocycles. The first-order valence-electron chi connectivity index (χ1n) is 8.52. The second-order valence-corrected chi connectivity index (χ2v) is 6.31. The summed E-state index contributed by atoms with van der Waals surface area (Å²) in [6, 6.07) is 23.6. The molecule has 0 bridgehead atoms. The molecule has 0 fully saturated rings.